The molecule has 1 heteroatoms. The average Bonchev–Trinajstić information content (AvgIpc) is 2.23. The Balaban J connectivity index is 2.74. The lowest BCUT2D eigenvalue weighted by atomic mass is 9.85. The van der Waals surface area contributed by atoms with Crippen LogP contribution < -0.4 is 0 Å². The van der Waals surface area contributed by atoms with Crippen LogP contribution in [0.3, 0.4) is 0 Å². The summed E-state index contributed by atoms with van der Waals surface area (Å²) < 4.78 is 0. The molecule has 1 nitrogen and oxygen atoms in total. The van der Waals surface area contributed by atoms with Crippen molar-refractivity contribution >= 4 is 5.78 Å². The highest BCUT2D eigenvalue weighted by atomic mass is 16.1. The highest BCUT2D eigenvalue weighted by Crippen LogP contribution is 2.28. The Kier molecular flexibility index (Phi) is 4.52. The third kappa shape index (κ3) is 4.34. The Morgan fingerprint density at radius 2 is 2.06 bits per heavy atom. The van der Waals surface area contributed by atoms with E-state index in [1.54, 1.807) is 0 Å². The molecule has 0 bridgehead atoms. The van der Waals surface area contributed by atoms with Crippen LogP contribution in [0.5, 0.6) is 0 Å². The second-order valence-corrected chi connectivity index (χ2v) is 5.74. The molecule has 1 atom stereocenters. The van der Waals surface area contributed by atoms with Crippen LogP contribution in [-0.4, -0.2) is 5.78 Å². The van der Waals surface area contributed by atoms with Gasteiger partial charge in [-0.3, -0.25) is 4.79 Å². The zero-order valence-electron chi connectivity index (χ0n) is 10.9. The van der Waals surface area contributed by atoms with Gasteiger partial charge in [0.25, 0.3) is 0 Å². The van der Waals surface area contributed by atoms with Gasteiger partial charge in [0.05, 0.1) is 0 Å². The molecular formula is C15H24O. The minimum atomic E-state index is 0.114. The number of hydrogen-bond acceptors (Lipinski definition) is 1. The van der Waals surface area contributed by atoms with Gasteiger partial charge in [0, 0.05) is 12.3 Å². The van der Waals surface area contributed by atoms with E-state index in [-0.39, 0.29) is 11.3 Å². The van der Waals surface area contributed by atoms with Crippen LogP contribution in [-0.2, 0) is 4.79 Å². The van der Waals surface area contributed by atoms with Crippen molar-refractivity contribution in [3.05, 3.63) is 24.3 Å². The van der Waals surface area contributed by atoms with Crippen molar-refractivity contribution in [1.29, 1.82) is 0 Å². The molecule has 0 unspecified atom stereocenters. The van der Waals surface area contributed by atoms with Gasteiger partial charge in [-0.25, -0.2) is 0 Å². The highest BCUT2D eigenvalue weighted by Gasteiger charge is 2.19. The quantitative estimate of drug-likeness (QED) is 0.595. The molecule has 16 heavy (non-hydrogen) atoms. The van der Waals surface area contributed by atoms with Crippen LogP contribution in [0.4, 0.5) is 0 Å². The van der Waals surface area contributed by atoms with E-state index < -0.39 is 0 Å². The zero-order chi connectivity index (χ0) is 12.2. The molecule has 0 N–H and O–H groups in total. The minimum absolute atomic E-state index is 0.114. The lowest BCUT2D eigenvalue weighted by Crippen LogP contribution is -2.15. The molecule has 1 rings (SSSR count). The number of carbonyl (C=O) groups excluding carboxylic acids is 1. The van der Waals surface area contributed by atoms with Gasteiger partial charge in [0.2, 0.25) is 0 Å². The third-order valence-corrected chi connectivity index (χ3v) is 3.47. The molecule has 0 saturated heterocycles. The summed E-state index contributed by atoms with van der Waals surface area (Å²) in [5.74, 6) is 0.649. The minimum Gasteiger partial charge on any atom is -0.299 e. The van der Waals surface area contributed by atoms with Gasteiger partial charge >= 0.3 is 0 Å². The van der Waals surface area contributed by atoms with Gasteiger partial charge in [0.1, 0.15) is 5.78 Å². The van der Waals surface area contributed by atoms with Crippen LogP contribution in [0.2, 0.25) is 0 Å². The number of Topliss-reactive ketones (excluding diaryl/α,β-unsaturated/α-hetero) is 1. The van der Waals surface area contributed by atoms with Gasteiger partial charge in [-0.1, -0.05) is 45.1 Å². The first-order valence-electron chi connectivity index (χ1n) is 6.30. The standard InChI is InChI=1S/C15H24O/c1-12-6-5-7-13(2)14(16)9-11-15(3,4)10-8-12/h8,10,13H,1,5-7,9,11H2,2-4H3/b10-8+/t13-/m0/s1. The van der Waals surface area contributed by atoms with E-state index >= 15 is 0 Å². The van der Waals surface area contributed by atoms with Crippen LogP contribution in [0.1, 0.15) is 52.9 Å². The Labute approximate surface area is 99.6 Å². The number of carbonyl (C=O) groups is 1. The fourth-order valence-electron chi connectivity index (χ4n) is 2.00. The van der Waals surface area contributed by atoms with Gasteiger partial charge < -0.3 is 0 Å². The first kappa shape index (κ1) is 13.2. The lowest BCUT2D eigenvalue weighted by Gasteiger charge is -2.20. The van der Waals surface area contributed by atoms with E-state index in [1.165, 1.54) is 5.57 Å². The summed E-state index contributed by atoms with van der Waals surface area (Å²) in [7, 11) is 0. The highest BCUT2D eigenvalue weighted by molar-refractivity contribution is 5.80. The molecule has 0 radical (unpaired) electrons. The summed E-state index contributed by atoms with van der Waals surface area (Å²) in [6.07, 6.45) is 9.11. The Morgan fingerprint density at radius 1 is 1.38 bits per heavy atom. The van der Waals surface area contributed by atoms with E-state index in [1.807, 2.05) is 0 Å². The molecule has 0 heterocycles. The second kappa shape index (κ2) is 5.47. The molecule has 0 aromatic carbocycles. The molecule has 0 spiro atoms. The molecule has 90 valence electrons. The fraction of sp³-hybridized carbons (Fsp3) is 0.667. The van der Waals surface area contributed by atoms with Crippen LogP contribution in [0, 0.1) is 11.3 Å². The Bertz CT molecular complexity index is 297. The van der Waals surface area contributed by atoms with E-state index in [4.69, 9.17) is 0 Å². The van der Waals surface area contributed by atoms with Crippen molar-refractivity contribution in [1.82, 2.24) is 0 Å². The summed E-state index contributed by atoms with van der Waals surface area (Å²) in [5.41, 5.74) is 1.30. The number of rotatable bonds is 0. The van der Waals surface area contributed by atoms with Gasteiger partial charge in [0.15, 0.2) is 0 Å². The second-order valence-electron chi connectivity index (χ2n) is 5.74. The Morgan fingerprint density at radius 3 is 2.75 bits per heavy atom. The summed E-state index contributed by atoms with van der Waals surface area (Å²) in [6, 6.07) is 0. The molecule has 0 aliphatic heterocycles. The molecule has 0 fully saturated rings. The summed E-state index contributed by atoms with van der Waals surface area (Å²) in [6.45, 7) is 10.5. The Hall–Kier alpha value is -0.850. The molecule has 1 aliphatic rings. The monoisotopic (exact) mass is 220 g/mol. The maximum Gasteiger partial charge on any atom is 0.135 e. The summed E-state index contributed by atoms with van der Waals surface area (Å²) in [4.78, 5) is 11.9. The topological polar surface area (TPSA) is 17.1 Å². The normalized spacial score (nSPS) is 29.6. The predicted molar refractivity (Wildman–Crippen MR) is 69.3 cm³/mol. The molecule has 0 aromatic rings. The van der Waals surface area contributed by atoms with Crippen LogP contribution >= 0.6 is 0 Å². The third-order valence-electron chi connectivity index (χ3n) is 3.47. The van der Waals surface area contributed by atoms with Crippen molar-refractivity contribution in [3.8, 4) is 0 Å². The number of hydrogen-bond donors (Lipinski definition) is 0. The van der Waals surface area contributed by atoms with Crippen molar-refractivity contribution in [2.75, 3.05) is 0 Å². The molecule has 0 amide bonds. The first-order valence-corrected chi connectivity index (χ1v) is 6.30. The SMILES string of the molecule is C=C1/C=C/C(C)(C)CCC(=O)[C@@H](C)CCC1. The van der Waals surface area contributed by atoms with Crippen molar-refractivity contribution < 1.29 is 4.79 Å². The molecule has 1 aliphatic carbocycles. The zero-order valence-corrected chi connectivity index (χ0v) is 10.9. The lowest BCUT2D eigenvalue weighted by molar-refractivity contribution is -0.123. The smallest absolute Gasteiger partial charge is 0.135 e. The largest absolute Gasteiger partial charge is 0.299 e. The summed E-state index contributed by atoms with van der Waals surface area (Å²) in [5, 5.41) is 0. The van der Waals surface area contributed by atoms with Crippen molar-refractivity contribution in [2.45, 2.75) is 52.9 Å². The van der Waals surface area contributed by atoms with Crippen LogP contribution in [0.15, 0.2) is 24.3 Å². The van der Waals surface area contributed by atoms with Crippen molar-refractivity contribution in [3.63, 3.8) is 0 Å². The summed E-state index contributed by atoms with van der Waals surface area (Å²) >= 11 is 0. The van der Waals surface area contributed by atoms with Crippen molar-refractivity contribution in [2.24, 2.45) is 11.3 Å². The van der Waals surface area contributed by atoms with Gasteiger partial charge in [-0.2, -0.15) is 0 Å². The first-order chi connectivity index (χ1) is 7.41. The van der Waals surface area contributed by atoms with E-state index in [0.29, 0.717) is 12.2 Å². The van der Waals surface area contributed by atoms with E-state index in [9.17, 15) is 4.79 Å². The van der Waals surface area contributed by atoms with E-state index in [2.05, 4.69) is 39.5 Å². The average molecular weight is 220 g/mol. The molecular weight excluding hydrogens is 196 g/mol. The van der Waals surface area contributed by atoms with Gasteiger partial charge in [-0.15, -0.1) is 0 Å². The maximum absolute atomic E-state index is 11.9. The number of ketones is 1. The molecule has 0 saturated carbocycles. The van der Waals surface area contributed by atoms with Crippen LogP contribution in [0.25, 0.3) is 0 Å². The number of allylic oxidation sites excluding steroid dienone is 3. The fourth-order valence-corrected chi connectivity index (χ4v) is 2.00. The van der Waals surface area contributed by atoms with Gasteiger partial charge in [-0.05, 0) is 31.1 Å². The maximum atomic E-state index is 11.9. The molecule has 0 aromatic heterocycles. The van der Waals surface area contributed by atoms with E-state index in [0.717, 1.165) is 25.7 Å². The predicted octanol–water partition coefficient (Wildman–Crippen LogP) is 4.29.